The predicted octanol–water partition coefficient (Wildman–Crippen LogP) is 3.66. The molecule has 1 heterocycles. The summed E-state index contributed by atoms with van der Waals surface area (Å²) in [5, 5.41) is 4.76. The van der Waals surface area contributed by atoms with Gasteiger partial charge in [0.1, 0.15) is 12.1 Å². The highest BCUT2D eigenvalue weighted by Gasteiger charge is 2.51. The Hall–Kier alpha value is -3.67. The maximum atomic E-state index is 13.2. The van der Waals surface area contributed by atoms with Gasteiger partial charge in [-0.25, -0.2) is 4.79 Å². The Balaban J connectivity index is 1.60. The number of amides is 4. The van der Waals surface area contributed by atoms with E-state index in [1.54, 1.807) is 7.05 Å². The zero-order valence-corrected chi connectivity index (χ0v) is 17.0. The minimum Gasteiger partial charge on any atom is -0.319 e. The number of nitrogens with zero attached hydrogens (tertiary/aromatic N) is 2. The molecule has 1 aliphatic heterocycles. The van der Waals surface area contributed by atoms with Crippen molar-refractivity contribution in [2.24, 2.45) is 0 Å². The number of urea groups is 1. The van der Waals surface area contributed by atoms with Gasteiger partial charge in [0.15, 0.2) is 0 Å². The molecule has 4 rings (SSSR count). The number of hydrogen-bond donors (Lipinski definition) is 1. The van der Waals surface area contributed by atoms with Crippen molar-refractivity contribution in [1.29, 1.82) is 0 Å². The first kappa shape index (κ1) is 19.6. The lowest BCUT2D eigenvalue weighted by atomic mass is 9.87. The van der Waals surface area contributed by atoms with Gasteiger partial charge in [0, 0.05) is 12.4 Å². The summed E-state index contributed by atoms with van der Waals surface area (Å²) in [5.74, 6) is -0.740. The van der Waals surface area contributed by atoms with Crippen molar-refractivity contribution >= 4 is 34.3 Å². The van der Waals surface area contributed by atoms with Crippen LogP contribution in [0.25, 0.3) is 10.8 Å². The molecule has 1 aliphatic rings. The molecule has 3 aromatic carbocycles. The van der Waals surface area contributed by atoms with Gasteiger partial charge in [-0.1, -0.05) is 73.7 Å². The highest BCUT2D eigenvalue weighted by molar-refractivity contribution is 6.11. The smallest absolute Gasteiger partial charge is 0.319 e. The predicted molar refractivity (Wildman–Crippen MR) is 116 cm³/mol. The fraction of sp³-hybridized carbons (Fsp3) is 0.208. The number of carbonyl (C=O) groups is 3. The number of hydrogen-bond acceptors (Lipinski definition) is 3. The van der Waals surface area contributed by atoms with E-state index < -0.39 is 17.5 Å². The minimum absolute atomic E-state index is 0.320. The number of imide groups is 1. The van der Waals surface area contributed by atoms with Crippen molar-refractivity contribution < 1.29 is 14.4 Å². The van der Waals surface area contributed by atoms with E-state index >= 15 is 0 Å². The van der Waals surface area contributed by atoms with Crippen LogP contribution in [0.3, 0.4) is 0 Å². The topological polar surface area (TPSA) is 69.7 Å². The molecule has 1 atom stereocenters. The molecule has 0 aromatic heterocycles. The van der Waals surface area contributed by atoms with Crippen LogP contribution in [0.2, 0.25) is 0 Å². The number of anilines is 1. The summed E-state index contributed by atoms with van der Waals surface area (Å²) in [6.07, 6.45) is 0.394. The monoisotopic (exact) mass is 401 g/mol. The third kappa shape index (κ3) is 3.10. The molecule has 6 nitrogen and oxygen atoms in total. The van der Waals surface area contributed by atoms with Gasteiger partial charge in [0.2, 0.25) is 5.91 Å². The van der Waals surface area contributed by atoms with Crippen molar-refractivity contribution in [2.75, 3.05) is 18.5 Å². The fourth-order valence-corrected chi connectivity index (χ4v) is 4.01. The second kappa shape index (κ2) is 7.63. The number of fused-ring (bicyclic) bond motifs is 1. The van der Waals surface area contributed by atoms with E-state index in [0.717, 1.165) is 21.4 Å². The van der Waals surface area contributed by atoms with Crippen LogP contribution in [0, 0.1) is 0 Å². The molecule has 6 heteroatoms. The van der Waals surface area contributed by atoms with E-state index in [4.69, 9.17) is 0 Å². The van der Waals surface area contributed by atoms with Gasteiger partial charge in [-0.2, -0.15) is 0 Å². The SMILES string of the molecule is CCC1(c2ccccc2)NC(=O)N(CC(=O)N(C)c2cccc3ccccc23)C1=O. The summed E-state index contributed by atoms with van der Waals surface area (Å²) in [6, 6.07) is 22.1. The van der Waals surface area contributed by atoms with E-state index in [2.05, 4.69) is 5.32 Å². The van der Waals surface area contributed by atoms with E-state index in [1.807, 2.05) is 79.7 Å². The number of nitrogens with one attached hydrogen (secondary N) is 1. The van der Waals surface area contributed by atoms with E-state index in [-0.39, 0.29) is 12.5 Å². The Bertz CT molecular complexity index is 1120. The molecular weight excluding hydrogens is 378 g/mol. The van der Waals surface area contributed by atoms with E-state index in [1.165, 1.54) is 4.90 Å². The zero-order chi connectivity index (χ0) is 21.3. The number of carbonyl (C=O) groups excluding carboxylic acids is 3. The molecule has 0 radical (unpaired) electrons. The second-order valence-electron chi connectivity index (χ2n) is 7.40. The third-order valence-electron chi connectivity index (χ3n) is 5.77. The van der Waals surface area contributed by atoms with Crippen molar-refractivity contribution in [3.63, 3.8) is 0 Å². The summed E-state index contributed by atoms with van der Waals surface area (Å²) in [6.45, 7) is 1.53. The molecule has 1 saturated heterocycles. The Morgan fingerprint density at radius 3 is 2.37 bits per heavy atom. The van der Waals surface area contributed by atoms with E-state index in [9.17, 15) is 14.4 Å². The summed E-state index contributed by atoms with van der Waals surface area (Å²) in [7, 11) is 1.66. The first-order valence-corrected chi connectivity index (χ1v) is 9.92. The van der Waals surface area contributed by atoms with Gasteiger partial charge in [0.05, 0.1) is 5.69 Å². The highest BCUT2D eigenvalue weighted by atomic mass is 16.2. The van der Waals surface area contributed by atoms with Gasteiger partial charge in [-0.3, -0.25) is 14.5 Å². The fourth-order valence-electron chi connectivity index (χ4n) is 4.01. The van der Waals surface area contributed by atoms with Gasteiger partial charge in [-0.05, 0) is 23.4 Å². The van der Waals surface area contributed by atoms with Crippen molar-refractivity contribution in [2.45, 2.75) is 18.9 Å². The lowest BCUT2D eigenvalue weighted by molar-refractivity contribution is -0.134. The third-order valence-corrected chi connectivity index (χ3v) is 5.77. The molecule has 0 aliphatic carbocycles. The molecule has 4 amide bonds. The number of likely N-dealkylation sites (N-methyl/N-ethyl adjacent to an activating group) is 1. The normalized spacial score (nSPS) is 18.5. The van der Waals surface area contributed by atoms with Gasteiger partial charge in [0.25, 0.3) is 5.91 Å². The Morgan fingerprint density at radius 2 is 1.63 bits per heavy atom. The summed E-state index contributed by atoms with van der Waals surface area (Å²) in [5.41, 5.74) is 0.301. The second-order valence-corrected chi connectivity index (χ2v) is 7.40. The average Bonchev–Trinajstić information content (AvgIpc) is 3.03. The molecule has 30 heavy (non-hydrogen) atoms. The molecule has 152 valence electrons. The molecule has 0 spiro atoms. The van der Waals surface area contributed by atoms with Crippen LogP contribution in [-0.2, 0) is 15.1 Å². The van der Waals surface area contributed by atoms with Crippen LogP contribution >= 0.6 is 0 Å². The average molecular weight is 401 g/mol. The molecule has 1 fully saturated rings. The maximum Gasteiger partial charge on any atom is 0.325 e. The first-order valence-electron chi connectivity index (χ1n) is 9.92. The molecule has 0 saturated carbocycles. The van der Waals surface area contributed by atoms with Crippen molar-refractivity contribution in [1.82, 2.24) is 10.2 Å². The van der Waals surface area contributed by atoms with E-state index in [0.29, 0.717) is 12.0 Å². The number of rotatable bonds is 5. The van der Waals surface area contributed by atoms with Gasteiger partial charge < -0.3 is 10.2 Å². The Morgan fingerprint density at radius 1 is 0.967 bits per heavy atom. The lowest BCUT2D eigenvalue weighted by Crippen LogP contribution is -2.45. The molecule has 3 aromatic rings. The maximum absolute atomic E-state index is 13.2. The standard InChI is InChI=1S/C24H23N3O3/c1-3-24(18-12-5-4-6-13-18)22(29)27(23(30)25-24)16-21(28)26(2)20-15-9-11-17-10-7-8-14-19(17)20/h4-15H,3,16H2,1-2H3,(H,25,30). The molecule has 1 unspecified atom stereocenters. The van der Waals surface area contributed by atoms with Crippen LogP contribution < -0.4 is 10.2 Å². The lowest BCUT2D eigenvalue weighted by Gasteiger charge is -2.26. The zero-order valence-electron chi connectivity index (χ0n) is 17.0. The summed E-state index contributed by atoms with van der Waals surface area (Å²) in [4.78, 5) is 41.4. The van der Waals surface area contributed by atoms with Crippen LogP contribution in [-0.4, -0.2) is 36.3 Å². The molecule has 0 bridgehead atoms. The summed E-state index contributed by atoms with van der Waals surface area (Å²) < 4.78 is 0. The van der Waals surface area contributed by atoms with Crippen LogP contribution in [0.4, 0.5) is 10.5 Å². The number of benzene rings is 3. The quantitative estimate of drug-likeness (QED) is 0.664. The van der Waals surface area contributed by atoms with Crippen molar-refractivity contribution in [3.8, 4) is 0 Å². The van der Waals surface area contributed by atoms with Crippen LogP contribution in [0.1, 0.15) is 18.9 Å². The Labute approximate surface area is 175 Å². The summed E-state index contributed by atoms with van der Waals surface area (Å²) >= 11 is 0. The van der Waals surface area contributed by atoms with Crippen molar-refractivity contribution in [3.05, 3.63) is 78.4 Å². The van der Waals surface area contributed by atoms with Gasteiger partial charge >= 0.3 is 6.03 Å². The minimum atomic E-state index is -1.14. The van der Waals surface area contributed by atoms with Gasteiger partial charge in [-0.15, -0.1) is 0 Å². The molecular formula is C24H23N3O3. The molecule has 1 N–H and O–H groups in total. The van der Waals surface area contributed by atoms with Crippen LogP contribution in [0.5, 0.6) is 0 Å². The first-order chi connectivity index (χ1) is 14.5. The van der Waals surface area contributed by atoms with Crippen LogP contribution in [0.15, 0.2) is 72.8 Å². The Kier molecular flexibility index (Phi) is 4.99. The highest BCUT2D eigenvalue weighted by Crippen LogP contribution is 2.32. The largest absolute Gasteiger partial charge is 0.325 e.